The third-order valence-corrected chi connectivity index (χ3v) is 2.79. The van der Waals surface area contributed by atoms with Gasteiger partial charge in [0.25, 0.3) is 0 Å². The predicted octanol–water partition coefficient (Wildman–Crippen LogP) is 1.16. The molecule has 0 N–H and O–H groups in total. The minimum Gasteiger partial charge on any atom is -0.467 e. The van der Waals surface area contributed by atoms with Crippen molar-refractivity contribution in [3.63, 3.8) is 0 Å². The molecule has 0 saturated carbocycles. The third-order valence-electron chi connectivity index (χ3n) is 2.79. The van der Waals surface area contributed by atoms with Crippen LogP contribution in [0.5, 0.6) is 0 Å². The average molecular weight is 289 g/mol. The number of rotatable bonds is 4. The van der Waals surface area contributed by atoms with E-state index in [-0.39, 0.29) is 19.4 Å². The molecule has 1 fully saturated rings. The highest BCUT2D eigenvalue weighted by Crippen LogP contribution is 2.24. The van der Waals surface area contributed by atoms with Crippen LogP contribution in [0.15, 0.2) is 0 Å². The summed E-state index contributed by atoms with van der Waals surface area (Å²) in [4.78, 5) is 25.2. The highest BCUT2D eigenvalue weighted by atomic mass is 16.7. The van der Waals surface area contributed by atoms with Crippen molar-refractivity contribution in [2.24, 2.45) is 0 Å². The van der Waals surface area contributed by atoms with Gasteiger partial charge in [-0.05, 0) is 20.8 Å². The summed E-state index contributed by atoms with van der Waals surface area (Å²) in [5, 5.41) is 0. The van der Waals surface area contributed by atoms with Crippen molar-refractivity contribution in [3.05, 3.63) is 0 Å². The van der Waals surface area contributed by atoms with Crippen LogP contribution >= 0.6 is 0 Å². The number of esters is 1. The lowest BCUT2D eigenvalue weighted by Crippen LogP contribution is -2.44. The molecule has 1 rings (SSSR count). The fraction of sp³-hybridized carbons (Fsp3) is 0.846. The summed E-state index contributed by atoms with van der Waals surface area (Å²) in [6.45, 7) is 5.70. The van der Waals surface area contributed by atoms with Crippen LogP contribution in [-0.4, -0.2) is 62.3 Å². The Labute approximate surface area is 119 Å². The molecule has 0 spiro atoms. The van der Waals surface area contributed by atoms with E-state index in [1.807, 2.05) is 0 Å². The molecule has 0 aromatic heterocycles. The third kappa shape index (κ3) is 4.64. The van der Waals surface area contributed by atoms with Gasteiger partial charge in [0, 0.05) is 13.5 Å². The lowest BCUT2D eigenvalue weighted by molar-refractivity contribution is -0.145. The van der Waals surface area contributed by atoms with E-state index in [0.717, 1.165) is 0 Å². The van der Waals surface area contributed by atoms with Crippen LogP contribution in [-0.2, 0) is 23.7 Å². The van der Waals surface area contributed by atoms with Gasteiger partial charge in [-0.2, -0.15) is 0 Å². The second kappa shape index (κ2) is 6.90. The van der Waals surface area contributed by atoms with Gasteiger partial charge in [0.2, 0.25) is 0 Å². The van der Waals surface area contributed by atoms with Crippen molar-refractivity contribution in [3.8, 4) is 0 Å². The maximum absolute atomic E-state index is 12.1. The molecule has 1 aliphatic heterocycles. The van der Waals surface area contributed by atoms with Gasteiger partial charge in [0.15, 0.2) is 0 Å². The number of hydrogen-bond donors (Lipinski definition) is 0. The monoisotopic (exact) mass is 289 g/mol. The molecule has 1 amide bonds. The van der Waals surface area contributed by atoms with Crippen molar-refractivity contribution in [2.75, 3.05) is 27.6 Å². The molecule has 0 radical (unpaired) electrons. The number of likely N-dealkylation sites (tertiary alicyclic amines) is 1. The minimum atomic E-state index is -0.684. The smallest absolute Gasteiger partial charge is 0.411 e. The van der Waals surface area contributed by atoms with Crippen molar-refractivity contribution < 1.29 is 28.5 Å². The standard InChI is InChI=1S/C13H23NO6/c1-13(2,3)20-12(16)14-7-9(19-8-17-4)6-10(14)11(15)18-5/h9-10H,6-8H2,1-5H3/t9-,10-/m1/s1. The molecule has 0 unspecified atom stereocenters. The number of carbonyl (C=O) groups excluding carboxylic acids is 2. The molecule has 0 aromatic carbocycles. The van der Waals surface area contributed by atoms with Crippen molar-refractivity contribution in [1.82, 2.24) is 4.90 Å². The highest BCUT2D eigenvalue weighted by Gasteiger charge is 2.42. The first-order chi connectivity index (χ1) is 9.28. The molecule has 2 atom stereocenters. The van der Waals surface area contributed by atoms with Gasteiger partial charge < -0.3 is 18.9 Å². The maximum atomic E-state index is 12.1. The van der Waals surface area contributed by atoms with Crippen LogP contribution in [0.2, 0.25) is 0 Å². The number of nitrogens with zero attached hydrogens (tertiary/aromatic N) is 1. The molecule has 1 aliphatic rings. The van der Waals surface area contributed by atoms with Crippen LogP contribution in [0.25, 0.3) is 0 Å². The number of methoxy groups -OCH3 is 2. The van der Waals surface area contributed by atoms with E-state index in [4.69, 9.17) is 18.9 Å². The molecule has 0 aliphatic carbocycles. The van der Waals surface area contributed by atoms with Gasteiger partial charge >= 0.3 is 12.1 Å². The Hall–Kier alpha value is -1.34. The van der Waals surface area contributed by atoms with Gasteiger partial charge in [-0.3, -0.25) is 4.90 Å². The van der Waals surface area contributed by atoms with E-state index in [2.05, 4.69) is 0 Å². The fourth-order valence-corrected chi connectivity index (χ4v) is 1.96. The molecule has 0 bridgehead atoms. The van der Waals surface area contributed by atoms with Gasteiger partial charge in [-0.1, -0.05) is 0 Å². The first-order valence-corrected chi connectivity index (χ1v) is 6.46. The molecule has 1 saturated heterocycles. The van der Waals surface area contributed by atoms with Gasteiger partial charge in [0.1, 0.15) is 18.4 Å². The second-order valence-corrected chi connectivity index (χ2v) is 5.60. The van der Waals surface area contributed by atoms with E-state index in [0.29, 0.717) is 6.42 Å². The SMILES string of the molecule is COCO[C@@H]1C[C@H](C(=O)OC)N(C(=O)OC(C)(C)C)C1. The zero-order valence-electron chi connectivity index (χ0n) is 12.7. The summed E-state index contributed by atoms with van der Waals surface area (Å²) in [5.74, 6) is -0.473. The Kier molecular flexibility index (Phi) is 5.76. The summed E-state index contributed by atoms with van der Waals surface area (Å²) in [6, 6.07) is -0.684. The van der Waals surface area contributed by atoms with E-state index < -0.39 is 23.7 Å². The Morgan fingerprint density at radius 2 is 1.90 bits per heavy atom. The van der Waals surface area contributed by atoms with Crippen molar-refractivity contribution in [1.29, 1.82) is 0 Å². The van der Waals surface area contributed by atoms with Crippen LogP contribution in [0.3, 0.4) is 0 Å². The molecular formula is C13H23NO6. The maximum Gasteiger partial charge on any atom is 0.411 e. The lowest BCUT2D eigenvalue weighted by atomic mass is 10.2. The molecule has 0 aromatic rings. The summed E-state index contributed by atoms with van der Waals surface area (Å²) in [7, 11) is 2.80. The number of ether oxygens (including phenoxy) is 4. The first kappa shape index (κ1) is 16.7. The molecule has 7 heteroatoms. The lowest BCUT2D eigenvalue weighted by Gasteiger charge is -2.27. The number of hydrogen-bond acceptors (Lipinski definition) is 6. The Balaban J connectivity index is 2.73. The topological polar surface area (TPSA) is 74.3 Å². The summed E-state index contributed by atoms with van der Waals surface area (Å²) in [5.41, 5.74) is -0.622. The normalized spacial score (nSPS) is 22.8. The summed E-state index contributed by atoms with van der Waals surface area (Å²) < 4.78 is 20.3. The van der Waals surface area contributed by atoms with E-state index in [1.165, 1.54) is 19.1 Å². The molecular weight excluding hydrogens is 266 g/mol. The van der Waals surface area contributed by atoms with E-state index in [1.54, 1.807) is 20.8 Å². The molecule has 20 heavy (non-hydrogen) atoms. The van der Waals surface area contributed by atoms with E-state index >= 15 is 0 Å². The van der Waals surface area contributed by atoms with Gasteiger partial charge in [-0.15, -0.1) is 0 Å². The van der Waals surface area contributed by atoms with Gasteiger partial charge in [0.05, 0.1) is 19.8 Å². The van der Waals surface area contributed by atoms with Crippen molar-refractivity contribution >= 4 is 12.1 Å². The minimum absolute atomic E-state index is 0.112. The van der Waals surface area contributed by atoms with Crippen LogP contribution < -0.4 is 0 Å². The number of amides is 1. The van der Waals surface area contributed by atoms with Gasteiger partial charge in [-0.25, -0.2) is 9.59 Å². The fourth-order valence-electron chi connectivity index (χ4n) is 1.96. The quantitative estimate of drug-likeness (QED) is 0.571. The molecule has 1 heterocycles. The number of carbonyl (C=O) groups is 2. The van der Waals surface area contributed by atoms with Crippen LogP contribution in [0.4, 0.5) is 4.79 Å². The summed E-state index contributed by atoms with van der Waals surface area (Å²) in [6.07, 6.45) is -0.446. The van der Waals surface area contributed by atoms with Crippen LogP contribution in [0.1, 0.15) is 27.2 Å². The first-order valence-electron chi connectivity index (χ1n) is 6.46. The van der Waals surface area contributed by atoms with E-state index in [9.17, 15) is 9.59 Å². The molecule has 116 valence electrons. The highest BCUT2D eigenvalue weighted by molar-refractivity contribution is 5.82. The zero-order chi connectivity index (χ0) is 15.3. The average Bonchev–Trinajstić information content (AvgIpc) is 2.77. The zero-order valence-corrected chi connectivity index (χ0v) is 12.7. The summed E-state index contributed by atoms with van der Waals surface area (Å²) >= 11 is 0. The Morgan fingerprint density at radius 1 is 1.25 bits per heavy atom. The largest absolute Gasteiger partial charge is 0.467 e. The second-order valence-electron chi connectivity index (χ2n) is 5.60. The predicted molar refractivity (Wildman–Crippen MR) is 70.1 cm³/mol. The van der Waals surface area contributed by atoms with Crippen molar-refractivity contribution in [2.45, 2.75) is 44.9 Å². The van der Waals surface area contributed by atoms with Crippen LogP contribution in [0, 0.1) is 0 Å². The molecule has 7 nitrogen and oxygen atoms in total. The Bertz CT molecular complexity index is 351. The Morgan fingerprint density at radius 3 is 2.40 bits per heavy atom.